The van der Waals surface area contributed by atoms with E-state index in [0.717, 1.165) is 19.6 Å². The lowest BCUT2D eigenvalue weighted by Gasteiger charge is -2.28. The summed E-state index contributed by atoms with van der Waals surface area (Å²) in [6, 6.07) is 0. The van der Waals surface area contributed by atoms with E-state index >= 15 is 0 Å². The zero-order chi connectivity index (χ0) is 12.0. The molecule has 1 saturated carbocycles. The molecule has 2 fully saturated rings. The van der Waals surface area contributed by atoms with Gasteiger partial charge in [0.25, 0.3) is 0 Å². The van der Waals surface area contributed by atoms with Gasteiger partial charge in [-0.05, 0) is 19.3 Å². The predicted molar refractivity (Wildman–Crippen MR) is 56.2 cm³/mol. The molecule has 0 atom stereocenters. The molecule has 1 heterocycles. The van der Waals surface area contributed by atoms with Crippen molar-refractivity contribution >= 4 is 11.9 Å². The minimum atomic E-state index is -1.49. The predicted octanol–water partition coefficient (Wildman–Crippen LogP) is 1.51. The van der Waals surface area contributed by atoms with Crippen molar-refractivity contribution < 1.29 is 24.5 Å². The molecule has 1 aliphatic carbocycles. The molecule has 0 radical (unpaired) electrons. The van der Waals surface area contributed by atoms with E-state index in [2.05, 4.69) is 0 Å². The lowest BCUT2D eigenvalue weighted by Crippen LogP contribution is -2.40. The van der Waals surface area contributed by atoms with Crippen molar-refractivity contribution in [1.29, 1.82) is 0 Å². The fourth-order valence-electron chi connectivity index (χ4n) is 1.82. The summed E-state index contributed by atoms with van der Waals surface area (Å²) in [6.45, 7) is 2.00. The van der Waals surface area contributed by atoms with Crippen LogP contribution < -0.4 is 0 Å². The molecule has 5 heteroatoms. The molecule has 5 nitrogen and oxygen atoms in total. The molecule has 0 spiro atoms. The first kappa shape index (κ1) is 13.0. The second-order valence-electron chi connectivity index (χ2n) is 4.22. The summed E-state index contributed by atoms with van der Waals surface area (Å²) < 4.78 is 4.72. The fraction of sp³-hybridized carbons (Fsp3) is 0.818. The zero-order valence-corrected chi connectivity index (χ0v) is 9.28. The van der Waals surface area contributed by atoms with Crippen LogP contribution in [0.3, 0.4) is 0 Å². The molecule has 0 aromatic carbocycles. The molecule has 0 unspecified atom stereocenters. The van der Waals surface area contributed by atoms with Gasteiger partial charge in [0.05, 0.1) is 0 Å². The summed E-state index contributed by atoms with van der Waals surface area (Å²) in [5, 5.41) is 17.6. The van der Waals surface area contributed by atoms with Crippen LogP contribution in [0.25, 0.3) is 0 Å². The topological polar surface area (TPSA) is 83.8 Å². The third-order valence-corrected chi connectivity index (χ3v) is 3.10. The smallest absolute Gasteiger partial charge is 0.321 e. The van der Waals surface area contributed by atoms with Crippen molar-refractivity contribution in [3.8, 4) is 0 Å². The van der Waals surface area contributed by atoms with Gasteiger partial charge in [-0.1, -0.05) is 19.3 Å². The SMILES string of the molecule is C1COC1.O=C(O)C1(C(=O)O)CCCCC1. The molecule has 2 rings (SSSR count). The number of rotatable bonds is 2. The first-order valence-electron chi connectivity index (χ1n) is 5.64. The van der Waals surface area contributed by atoms with Gasteiger partial charge in [-0.15, -0.1) is 0 Å². The minimum Gasteiger partial charge on any atom is -0.480 e. The highest BCUT2D eigenvalue weighted by atomic mass is 16.5. The van der Waals surface area contributed by atoms with Crippen molar-refractivity contribution in [3.05, 3.63) is 0 Å². The number of carbonyl (C=O) groups is 2. The number of hydrogen-bond acceptors (Lipinski definition) is 3. The lowest BCUT2D eigenvalue weighted by atomic mass is 9.74. The monoisotopic (exact) mass is 230 g/mol. The van der Waals surface area contributed by atoms with E-state index in [4.69, 9.17) is 14.9 Å². The third-order valence-electron chi connectivity index (χ3n) is 3.10. The normalized spacial score (nSPS) is 22.2. The average molecular weight is 230 g/mol. The molecular formula is C11H18O5. The summed E-state index contributed by atoms with van der Waals surface area (Å²) in [7, 11) is 0. The van der Waals surface area contributed by atoms with Crippen molar-refractivity contribution in [1.82, 2.24) is 0 Å². The Morgan fingerprint density at radius 3 is 1.44 bits per heavy atom. The molecule has 16 heavy (non-hydrogen) atoms. The van der Waals surface area contributed by atoms with Crippen LogP contribution in [0, 0.1) is 5.41 Å². The van der Waals surface area contributed by atoms with Gasteiger partial charge in [0, 0.05) is 13.2 Å². The summed E-state index contributed by atoms with van der Waals surface area (Å²) in [6.07, 6.45) is 4.19. The van der Waals surface area contributed by atoms with Crippen molar-refractivity contribution in [2.24, 2.45) is 5.41 Å². The van der Waals surface area contributed by atoms with Crippen LogP contribution in [0.15, 0.2) is 0 Å². The maximum Gasteiger partial charge on any atom is 0.321 e. The van der Waals surface area contributed by atoms with Gasteiger partial charge >= 0.3 is 11.9 Å². The van der Waals surface area contributed by atoms with Crippen LogP contribution in [0.4, 0.5) is 0 Å². The highest BCUT2D eigenvalue weighted by Crippen LogP contribution is 2.36. The average Bonchev–Trinajstić information content (AvgIpc) is 2.15. The highest BCUT2D eigenvalue weighted by Gasteiger charge is 2.46. The van der Waals surface area contributed by atoms with E-state index in [0.29, 0.717) is 12.8 Å². The van der Waals surface area contributed by atoms with Crippen LogP contribution >= 0.6 is 0 Å². The van der Waals surface area contributed by atoms with Gasteiger partial charge in [-0.2, -0.15) is 0 Å². The molecule has 1 aliphatic heterocycles. The van der Waals surface area contributed by atoms with E-state index in [-0.39, 0.29) is 12.8 Å². The van der Waals surface area contributed by atoms with Gasteiger partial charge in [-0.25, -0.2) is 0 Å². The third kappa shape index (κ3) is 2.95. The largest absolute Gasteiger partial charge is 0.480 e. The van der Waals surface area contributed by atoms with Crippen molar-refractivity contribution in [2.75, 3.05) is 13.2 Å². The van der Waals surface area contributed by atoms with E-state index in [1.165, 1.54) is 6.42 Å². The maximum atomic E-state index is 10.7. The highest BCUT2D eigenvalue weighted by molar-refractivity contribution is 5.98. The summed E-state index contributed by atoms with van der Waals surface area (Å²) in [5.41, 5.74) is -1.49. The number of carboxylic acid groups (broad SMARTS) is 2. The van der Waals surface area contributed by atoms with E-state index in [9.17, 15) is 9.59 Å². The van der Waals surface area contributed by atoms with Crippen molar-refractivity contribution in [3.63, 3.8) is 0 Å². The molecule has 2 aliphatic rings. The Morgan fingerprint density at radius 1 is 0.875 bits per heavy atom. The number of hydrogen-bond donors (Lipinski definition) is 2. The Kier molecular flexibility index (Phi) is 4.73. The Morgan fingerprint density at radius 2 is 1.25 bits per heavy atom. The molecule has 0 aromatic heterocycles. The van der Waals surface area contributed by atoms with Gasteiger partial charge in [0.15, 0.2) is 5.41 Å². The van der Waals surface area contributed by atoms with Gasteiger partial charge in [0.1, 0.15) is 0 Å². The number of ether oxygens (including phenoxy) is 1. The first-order valence-corrected chi connectivity index (χ1v) is 5.64. The van der Waals surface area contributed by atoms with Crippen LogP contribution in [0.1, 0.15) is 38.5 Å². The quantitative estimate of drug-likeness (QED) is 0.702. The number of carboxylic acids is 2. The standard InChI is InChI=1S/C8H12O4.C3H6O/c9-6(10)8(7(11)12)4-2-1-3-5-8;1-2-4-3-1/h1-5H2,(H,9,10)(H,11,12);1-3H2. The number of aliphatic carboxylic acids is 2. The lowest BCUT2D eigenvalue weighted by molar-refractivity contribution is -0.167. The second kappa shape index (κ2) is 5.84. The summed E-state index contributed by atoms with van der Waals surface area (Å²) >= 11 is 0. The van der Waals surface area contributed by atoms with E-state index in [1.54, 1.807) is 0 Å². The van der Waals surface area contributed by atoms with Crippen LogP contribution in [0.5, 0.6) is 0 Å². The molecule has 0 aromatic rings. The molecule has 0 amide bonds. The van der Waals surface area contributed by atoms with Gasteiger partial charge in [0.2, 0.25) is 0 Å². The minimum absolute atomic E-state index is 0.275. The Bertz CT molecular complexity index is 231. The van der Waals surface area contributed by atoms with Gasteiger partial charge < -0.3 is 14.9 Å². The maximum absolute atomic E-state index is 10.7. The van der Waals surface area contributed by atoms with E-state index < -0.39 is 17.4 Å². The first-order chi connectivity index (χ1) is 7.59. The second-order valence-corrected chi connectivity index (χ2v) is 4.22. The summed E-state index contributed by atoms with van der Waals surface area (Å²) in [5.74, 6) is -2.37. The Balaban J connectivity index is 0.000000267. The van der Waals surface area contributed by atoms with Crippen LogP contribution in [0.2, 0.25) is 0 Å². The van der Waals surface area contributed by atoms with Gasteiger partial charge in [-0.3, -0.25) is 9.59 Å². The fourth-order valence-corrected chi connectivity index (χ4v) is 1.82. The molecule has 92 valence electrons. The molecule has 1 saturated heterocycles. The molecular weight excluding hydrogens is 212 g/mol. The summed E-state index contributed by atoms with van der Waals surface area (Å²) in [4.78, 5) is 21.5. The molecule has 0 bridgehead atoms. The van der Waals surface area contributed by atoms with Crippen LogP contribution in [-0.4, -0.2) is 35.4 Å². The van der Waals surface area contributed by atoms with Crippen molar-refractivity contribution in [2.45, 2.75) is 38.5 Å². The van der Waals surface area contributed by atoms with E-state index in [1.807, 2.05) is 0 Å². The zero-order valence-electron chi connectivity index (χ0n) is 9.28. The Hall–Kier alpha value is -1.10. The molecule has 2 N–H and O–H groups in total. The van der Waals surface area contributed by atoms with Crippen LogP contribution in [-0.2, 0) is 14.3 Å². The Labute approximate surface area is 94.4 Å².